The van der Waals surface area contributed by atoms with E-state index < -0.39 is 0 Å². The summed E-state index contributed by atoms with van der Waals surface area (Å²) in [6, 6.07) is 0.634. The third-order valence-corrected chi connectivity index (χ3v) is 4.12. The van der Waals surface area contributed by atoms with Gasteiger partial charge < -0.3 is 5.32 Å². The summed E-state index contributed by atoms with van der Waals surface area (Å²) in [5.41, 5.74) is 0.00736. The lowest BCUT2D eigenvalue weighted by atomic mass is 9.95. The number of aromatic nitrogens is 2. The van der Waals surface area contributed by atoms with Crippen LogP contribution in [-0.2, 0) is 6.54 Å². The Hall–Kier alpha value is -0.680. The van der Waals surface area contributed by atoms with Crippen molar-refractivity contribution in [2.24, 2.45) is 0 Å². The number of nitrogens with zero attached hydrogens (tertiary/aromatic N) is 2. The van der Waals surface area contributed by atoms with Crippen LogP contribution in [0, 0.1) is 6.92 Å². The number of hydrogen-bond acceptors (Lipinski definition) is 3. The van der Waals surface area contributed by atoms with Crippen LogP contribution in [0.4, 0.5) is 0 Å². The molecule has 5 heteroatoms. The summed E-state index contributed by atoms with van der Waals surface area (Å²) in [7, 11) is 0. The van der Waals surface area contributed by atoms with Crippen LogP contribution in [0.2, 0.25) is 0 Å². The summed E-state index contributed by atoms with van der Waals surface area (Å²) in [4.78, 5) is 16.1. The second-order valence-corrected chi connectivity index (χ2v) is 5.75. The van der Waals surface area contributed by atoms with Crippen LogP contribution in [0.25, 0.3) is 0 Å². The van der Waals surface area contributed by atoms with Crippen LogP contribution in [0.1, 0.15) is 37.9 Å². The molecule has 1 aromatic rings. The average molecular weight is 314 g/mol. The average Bonchev–Trinajstić information content (AvgIpc) is 2.39. The summed E-state index contributed by atoms with van der Waals surface area (Å²) in [5, 5.41) is 3.54. The fourth-order valence-corrected chi connectivity index (χ4v) is 2.82. The Morgan fingerprint density at radius 2 is 2.17 bits per heavy atom. The highest BCUT2D eigenvalue weighted by atomic mass is 79.9. The molecule has 100 valence electrons. The zero-order chi connectivity index (χ0) is 13.0. The Kier molecular flexibility index (Phi) is 4.95. The highest BCUT2D eigenvalue weighted by Crippen LogP contribution is 2.17. The van der Waals surface area contributed by atoms with E-state index in [0.29, 0.717) is 17.1 Å². The van der Waals surface area contributed by atoms with Gasteiger partial charge in [0.25, 0.3) is 5.56 Å². The molecule has 18 heavy (non-hydrogen) atoms. The van der Waals surface area contributed by atoms with Crippen molar-refractivity contribution in [2.75, 3.05) is 6.54 Å². The van der Waals surface area contributed by atoms with E-state index in [1.807, 2.05) is 6.92 Å². The van der Waals surface area contributed by atoms with Gasteiger partial charge in [0.05, 0.1) is 0 Å². The van der Waals surface area contributed by atoms with Gasteiger partial charge in [-0.2, -0.15) is 0 Å². The molecule has 2 rings (SSSR count). The quantitative estimate of drug-likeness (QED) is 0.927. The smallest absolute Gasteiger partial charge is 0.267 e. The van der Waals surface area contributed by atoms with Crippen molar-refractivity contribution >= 4 is 15.9 Å². The van der Waals surface area contributed by atoms with E-state index in [0.717, 1.165) is 12.4 Å². The van der Waals surface area contributed by atoms with Gasteiger partial charge in [-0.25, -0.2) is 4.98 Å². The molecule has 1 heterocycles. The van der Waals surface area contributed by atoms with Crippen LogP contribution in [0.3, 0.4) is 0 Å². The Morgan fingerprint density at radius 3 is 2.89 bits per heavy atom. The summed E-state index contributed by atoms with van der Waals surface area (Å²) in [5.74, 6) is 0.772. The highest BCUT2D eigenvalue weighted by molar-refractivity contribution is 9.10. The van der Waals surface area contributed by atoms with Crippen molar-refractivity contribution in [1.29, 1.82) is 0 Å². The summed E-state index contributed by atoms with van der Waals surface area (Å²) in [6.07, 6.45) is 8.13. The van der Waals surface area contributed by atoms with Crippen molar-refractivity contribution in [1.82, 2.24) is 14.9 Å². The molecule has 1 saturated carbocycles. The van der Waals surface area contributed by atoms with Crippen LogP contribution < -0.4 is 10.9 Å². The third kappa shape index (κ3) is 3.42. The number of hydrogen-bond donors (Lipinski definition) is 1. The maximum Gasteiger partial charge on any atom is 0.267 e. The van der Waals surface area contributed by atoms with Crippen molar-refractivity contribution < 1.29 is 0 Å². The van der Waals surface area contributed by atoms with E-state index in [4.69, 9.17) is 0 Å². The second-order valence-electron chi connectivity index (χ2n) is 4.90. The van der Waals surface area contributed by atoms with E-state index in [1.54, 1.807) is 10.8 Å². The van der Waals surface area contributed by atoms with Gasteiger partial charge in [0.2, 0.25) is 0 Å². The molecule has 0 atom stereocenters. The van der Waals surface area contributed by atoms with E-state index in [-0.39, 0.29) is 5.56 Å². The lowest BCUT2D eigenvalue weighted by Crippen LogP contribution is -2.36. The van der Waals surface area contributed by atoms with Crippen molar-refractivity contribution in [3.63, 3.8) is 0 Å². The molecule has 0 bridgehead atoms. The van der Waals surface area contributed by atoms with Crippen LogP contribution in [0.15, 0.2) is 15.5 Å². The molecule has 1 aromatic heterocycles. The number of halogens is 1. The first kappa shape index (κ1) is 13.7. The normalized spacial score (nSPS) is 17.0. The first-order chi connectivity index (χ1) is 8.68. The van der Waals surface area contributed by atoms with E-state index in [2.05, 4.69) is 26.2 Å². The predicted octanol–water partition coefficient (Wildman–Crippen LogP) is 2.24. The molecule has 0 aromatic carbocycles. The van der Waals surface area contributed by atoms with Crippen LogP contribution >= 0.6 is 15.9 Å². The Balaban J connectivity index is 1.90. The molecule has 0 radical (unpaired) electrons. The van der Waals surface area contributed by atoms with Gasteiger partial charge in [-0.05, 0) is 35.7 Å². The van der Waals surface area contributed by atoms with Crippen LogP contribution in [0.5, 0.6) is 0 Å². The van der Waals surface area contributed by atoms with Crippen molar-refractivity contribution in [2.45, 2.75) is 51.6 Å². The maximum atomic E-state index is 11.9. The molecule has 0 unspecified atom stereocenters. The molecule has 0 amide bonds. The lowest BCUT2D eigenvalue weighted by Gasteiger charge is -2.23. The summed E-state index contributed by atoms with van der Waals surface area (Å²) >= 11 is 3.23. The van der Waals surface area contributed by atoms with Gasteiger partial charge in [-0.15, -0.1) is 0 Å². The molecule has 1 fully saturated rings. The summed E-state index contributed by atoms with van der Waals surface area (Å²) in [6.45, 7) is 3.39. The van der Waals surface area contributed by atoms with E-state index in [1.165, 1.54) is 32.1 Å². The monoisotopic (exact) mass is 313 g/mol. The Morgan fingerprint density at radius 1 is 1.44 bits per heavy atom. The van der Waals surface area contributed by atoms with Gasteiger partial charge in [0, 0.05) is 25.3 Å². The highest BCUT2D eigenvalue weighted by Gasteiger charge is 2.12. The topological polar surface area (TPSA) is 46.9 Å². The molecule has 4 nitrogen and oxygen atoms in total. The van der Waals surface area contributed by atoms with Gasteiger partial charge in [0.15, 0.2) is 0 Å². The minimum absolute atomic E-state index is 0.00736. The second kappa shape index (κ2) is 6.48. The Labute approximate surface area is 116 Å². The molecule has 1 aliphatic carbocycles. The standard InChI is InChI=1S/C13H20BrN3O/c1-10-16-9-12(14)13(18)17(10)8-7-15-11-5-3-2-4-6-11/h9,11,15H,2-8H2,1H3. The molecule has 0 spiro atoms. The van der Waals surface area contributed by atoms with Gasteiger partial charge >= 0.3 is 0 Å². The molecule has 1 aliphatic rings. The summed E-state index contributed by atoms with van der Waals surface area (Å²) < 4.78 is 2.26. The first-order valence-corrected chi connectivity index (χ1v) is 7.43. The van der Waals surface area contributed by atoms with Crippen molar-refractivity contribution in [3.05, 3.63) is 26.8 Å². The fourth-order valence-electron chi connectivity index (χ4n) is 2.50. The number of rotatable bonds is 4. The van der Waals surface area contributed by atoms with Gasteiger partial charge in [-0.1, -0.05) is 19.3 Å². The van der Waals surface area contributed by atoms with E-state index >= 15 is 0 Å². The zero-order valence-electron chi connectivity index (χ0n) is 10.8. The maximum absolute atomic E-state index is 11.9. The number of aryl methyl sites for hydroxylation is 1. The van der Waals surface area contributed by atoms with Gasteiger partial charge in [-0.3, -0.25) is 9.36 Å². The van der Waals surface area contributed by atoms with Crippen LogP contribution in [-0.4, -0.2) is 22.1 Å². The van der Waals surface area contributed by atoms with E-state index in [9.17, 15) is 4.79 Å². The lowest BCUT2D eigenvalue weighted by molar-refractivity contribution is 0.366. The third-order valence-electron chi connectivity index (χ3n) is 3.58. The SMILES string of the molecule is Cc1ncc(Br)c(=O)n1CCNC1CCCCC1. The largest absolute Gasteiger partial charge is 0.312 e. The molecule has 0 saturated heterocycles. The molecule has 0 aliphatic heterocycles. The minimum Gasteiger partial charge on any atom is -0.312 e. The predicted molar refractivity (Wildman–Crippen MR) is 75.8 cm³/mol. The minimum atomic E-state index is 0.00736. The Bertz CT molecular complexity index is 452. The van der Waals surface area contributed by atoms with Gasteiger partial charge in [0.1, 0.15) is 10.3 Å². The fraction of sp³-hybridized carbons (Fsp3) is 0.692. The van der Waals surface area contributed by atoms with Crippen molar-refractivity contribution in [3.8, 4) is 0 Å². The first-order valence-electron chi connectivity index (χ1n) is 6.64. The molecular formula is C13H20BrN3O. The molecule has 1 N–H and O–H groups in total. The molecular weight excluding hydrogens is 294 g/mol. The zero-order valence-corrected chi connectivity index (χ0v) is 12.4. The number of nitrogens with one attached hydrogen (secondary N) is 1.